The Morgan fingerprint density at radius 3 is 2.41 bits per heavy atom. The van der Waals surface area contributed by atoms with Gasteiger partial charge in [-0.3, -0.25) is 14.5 Å². The Hall–Kier alpha value is -2.12. The van der Waals surface area contributed by atoms with Crippen LogP contribution in [0.25, 0.3) is 0 Å². The molecular formula is C20H28N2O5. The standard InChI is InChI=1S/C20H28N2O5/c1-4-20(19(24)25)13-16(18(23)22-9-11-27-12-10-22)17(21(20)2)14-5-7-15(26-3)8-6-14/h5-8,16-17H,4,9-13H2,1-3H3,(H,24,25)/t16-,17-,20-/m1/s1. The summed E-state index contributed by atoms with van der Waals surface area (Å²) < 4.78 is 10.6. The van der Waals surface area contributed by atoms with E-state index in [-0.39, 0.29) is 11.9 Å². The van der Waals surface area contributed by atoms with Gasteiger partial charge >= 0.3 is 5.97 Å². The van der Waals surface area contributed by atoms with Crippen molar-refractivity contribution in [1.82, 2.24) is 9.80 Å². The van der Waals surface area contributed by atoms with E-state index in [2.05, 4.69) is 0 Å². The number of likely N-dealkylation sites (N-methyl/N-ethyl adjacent to an activating group) is 1. The third kappa shape index (κ3) is 3.41. The maximum atomic E-state index is 13.3. The van der Waals surface area contributed by atoms with E-state index in [1.807, 2.05) is 48.0 Å². The molecule has 0 unspecified atom stereocenters. The molecule has 2 aliphatic heterocycles. The number of morpholine rings is 1. The molecule has 1 aromatic rings. The Morgan fingerprint density at radius 2 is 1.89 bits per heavy atom. The van der Waals surface area contributed by atoms with Gasteiger partial charge in [0, 0.05) is 19.1 Å². The molecule has 148 valence electrons. The fourth-order valence-electron chi connectivity index (χ4n) is 4.44. The topological polar surface area (TPSA) is 79.3 Å². The number of carboxylic acid groups (broad SMARTS) is 1. The molecule has 2 saturated heterocycles. The second kappa shape index (κ2) is 7.86. The lowest BCUT2D eigenvalue weighted by Gasteiger charge is -2.35. The highest BCUT2D eigenvalue weighted by atomic mass is 16.5. The van der Waals surface area contributed by atoms with Crippen LogP contribution >= 0.6 is 0 Å². The van der Waals surface area contributed by atoms with Gasteiger partial charge in [0.2, 0.25) is 5.91 Å². The Morgan fingerprint density at radius 1 is 1.26 bits per heavy atom. The number of nitrogens with zero attached hydrogens (tertiary/aromatic N) is 2. The third-order valence-corrected chi connectivity index (χ3v) is 6.11. The van der Waals surface area contributed by atoms with Crippen molar-refractivity contribution in [3.05, 3.63) is 29.8 Å². The average molecular weight is 376 g/mol. The fraction of sp³-hybridized carbons (Fsp3) is 0.600. The van der Waals surface area contributed by atoms with Gasteiger partial charge in [0.05, 0.1) is 26.2 Å². The number of carboxylic acids is 1. The number of aliphatic carboxylic acids is 1. The number of carbonyl (C=O) groups is 2. The van der Waals surface area contributed by atoms with Crippen LogP contribution in [0.1, 0.15) is 31.4 Å². The molecule has 2 fully saturated rings. The van der Waals surface area contributed by atoms with Crippen molar-refractivity contribution >= 4 is 11.9 Å². The van der Waals surface area contributed by atoms with Crippen molar-refractivity contribution in [2.75, 3.05) is 40.5 Å². The number of benzene rings is 1. The number of amides is 1. The zero-order valence-corrected chi connectivity index (χ0v) is 16.2. The van der Waals surface area contributed by atoms with Gasteiger partial charge < -0.3 is 19.5 Å². The highest BCUT2D eigenvalue weighted by molar-refractivity contribution is 5.85. The Bertz CT molecular complexity index is 686. The molecule has 2 heterocycles. The highest BCUT2D eigenvalue weighted by Crippen LogP contribution is 2.48. The molecule has 0 bridgehead atoms. The lowest BCUT2D eigenvalue weighted by molar-refractivity contribution is -0.150. The van der Waals surface area contributed by atoms with Gasteiger partial charge in [0.25, 0.3) is 0 Å². The summed E-state index contributed by atoms with van der Waals surface area (Å²) in [7, 11) is 3.42. The highest BCUT2D eigenvalue weighted by Gasteiger charge is 2.56. The van der Waals surface area contributed by atoms with E-state index in [0.29, 0.717) is 39.1 Å². The number of rotatable bonds is 5. The van der Waals surface area contributed by atoms with Crippen LogP contribution in [-0.4, -0.2) is 72.8 Å². The van der Waals surface area contributed by atoms with Gasteiger partial charge in [-0.05, 0) is 37.6 Å². The first kappa shape index (κ1) is 19.6. The number of hydrogen-bond donors (Lipinski definition) is 1. The maximum absolute atomic E-state index is 13.3. The summed E-state index contributed by atoms with van der Waals surface area (Å²) in [6, 6.07) is 7.26. The first-order valence-corrected chi connectivity index (χ1v) is 9.41. The Labute approximate surface area is 159 Å². The van der Waals surface area contributed by atoms with E-state index >= 15 is 0 Å². The van der Waals surface area contributed by atoms with Crippen LogP contribution in [-0.2, 0) is 14.3 Å². The van der Waals surface area contributed by atoms with E-state index in [1.54, 1.807) is 7.11 Å². The van der Waals surface area contributed by atoms with Crippen molar-refractivity contribution in [2.24, 2.45) is 5.92 Å². The zero-order valence-electron chi connectivity index (χ0n) is 16.2. The summed E-state index contributed by atoms with van der Waals surface area (Å²) in [6.45, 7) is 4.04. The number of likely N-dealkylation sites (tertiary alicyclic amines) is 1. The minimum Gasteiger partial charge on any atom is -0.497 e. The lowest BCUT2D eigenvalue weighted by atomic mass is 9.86. The molecule has 0 spiro atoms. The second-order valence-electron chi connectivity index (χ2n) is 7.27. The van der Waals surface area contributed by atoms with Crippen LogP contribution in [0.15, 0.2) is 24.3 Å². The molecule has 3 rings (SSSR count). The van der Waals surface area contributed by atoms with Crippen LogP contribution in [0.3, 0.4) is 0 Å². The van der Waals surface area contributed by atoms with E-state index < -0.39 is 17.4 Å². The van der Waals surface area contributed by atoms with E-state index in [4.69, 9.17) is 9.47 Å². The summed E-state index contributed by atoms with van der Waals surface area (Å²) in [5.41, 5.74) is -0.113. The largest absolute Gasteiger partial charge is 0.497 e. The van der Waals surface area contributed by atoms with E-state index in [1.165, 1.54) is 0 Å². The van der Waals surface area contributed by atoms with E-state index in [9.17, 15) is 14.7 Å². The molecule has 0 radical (unpaired) electrons. The first-order valence-electron chi connectivity index (χ1n) is 9.41. The van der Waals surface area contributed by atoms with Gasteiger partial charge in [0.15, 0.2) is 0 Å². The predicted octanol–water partition coefficient (Wildman–Crippen LogP) is 1.78. The molecule has 1 aromatic carbocycles. The van der Waals surface area contributed by atoms with Crippen LogP contribution < -0.4 is 4.74 Å². The molecule has 0 aromatic heterocycles. The summed E-state index contributed by atoms with van der Waals surface area (Å²) in [4.78, 5) is 29.2. The van der Waals surface area contributed by atoms with Crippen LogP contribution in [0.2, 0.25) is 0 Å². The van der Waals surface area contributed by atoms with Crippen molar-refractivity contribution in [3.63, 3.8) is 0 Å². The summed E-state index contributed by atoms with van der Waals surface area (Å²) >= 11 is 0. The van der Waals surface area contributed by atoms with Crippen LogP contribution in [0.5, 0.6) is 5.75 Å². The van der Waals surface area contributed by atoms with Crippen LogP contribution in [0.4, 0.5) is 0 Å². The predicted molar refractivity (Wildman–Crippen MR) is 99.7 cm³/mol. The fourth-order valence-corrected chi connectivity index (χ4v) is 4.44. The zero-order chi connectivity index (χ0) is 19.6. The minimum atomic E-state index is -1.04. The minimum absolute atomic E-state index is 0.0162. The van der Waals surface area contributed by atoms with Crippen molar-refractivity contribution in [3.8, 4) is 5.75 Å². The van der Waals surface area contributed by atoms with Crippen molar-refractivity contribution in [1.29, 1.82) is 0 Å². The second-order valence-corrected chi connectivity index (χ2v) is 7.27. The molecule has 7 heteroatoms. The molecule has 7 nitrogen and oxygen atoms in total. The first-order chi connectivity index (χ1) is 12.9. The molecular weight excluding hydrogens is 348 g/mol. The van der Waals surface area contributed by atoms with Crippen molar-refractivity contribution < 1.29 is 24.2 Å². The molecule has 0 aliphatic carbocycles. The maximum Gasteiger partial charge on any atom is 0.324 e. The lowest BCUT2D eigenvalue weighted by Crippen LogP contribution is -2.48. The van der Waals surface area contributed by atoms with Crippen LogP contribution in [0, 0.1) is 5.92 Å². The number of carbonyl (C=O) groups excluding carboxylic acids is 1. The van der Waals surface area contributed by atoms with Gasteiger partial charge in [0.1, 0.15) is 11.3 Å². The number of hydrogen-bond acceptors (Lipinski definition) is 5. The third-order valence-electron chi connectivity index (χ3n) is 6.11. The van der Waals surface area contributed by atoms with Gasteiger partial charge in [-0.2, -0.15) is 0 Å². The van der Waals surface area contributed by atoms with Gasteiger partial charge in [-0.15, -0.1) is 0 Å². The Balaban J connectivity index is 1.98. The average Bonchev–Trinajstić information content (AvgIpc) is 3.01. The quantitative estimate of drug-likeness (QED) is 0.844. The molecule has 2 aliphatic rings. The van der Waals surface area contributed by atoms with Gasteiger partial charge in [-0.25, -0.2) is 0 Å². The SMILES string of the molecule is CC[C@]1(C(=O)O)C[C@@H](C(=O)N2CCOCC2)[C@@H](c2ccc(OC)cc2)N1C. The smallest absolute Gasteiger partial charge is 0.324 e. The van der Waals surface area contributed by atoms with Crippen molar-refractivity contribution in [2.45, 2.75) is 31.3 Å². The van der Waals surface area contributed by atoms with E-state index in [0.717, 1.165) is 11.3 Å². The Kier molecular flexibility index (Phi) is 5.72. The molecule has 27 heavy (non-hydrogen) atoms. The number of methoxy groups -OCH3 is 1. The number of ether oxygens (including phenoxy) is 2. The molecule has 0 saturated carbocycles. The summed E-state index contributed by atoms with van der Waals surface area (Å²) in [5.74, 6) is -0.529. The summed E-state index contributed by atoms with van der Waals surface area (Å²) in [6.07, 6.45) is 0.751. The normalized spacial score (nSPS) is 28.9. The molecule has 3 atom stereocenters. The molecule has 1 amide bonds. The van der Waals surface area contributed by atoms with Gasteiger partial charge in [-0.1, -0.05) is 19.1 Å². The monoisotopic (exact) mass is 376 g/mol. The molecule has 1 N–H and O–H groups in total. The summed E-state index contributed by atoms with van der Waals surface area (Å²) in [5, 5.41) is 9.98.